The highest BCUT2D eigenvalue weighted by Gasteiger charge is 2.36. The van der Waals surface area contributed by atoms with Crippen LogP contribution in [-0.2, 0) is 4.65 Å². The molecule has 2 aromatic heterocycles. The molecule has 0 spiro atoms. The van der Waals surface area contributed by atoms with Crippen molar-refractivity contribution in [2.45, 2.75) is 38.9 Å². The number of aliphatic hydroxyl groups is 1. The van der Waals surface area contributed by atoms with Gasteiger partial charge in [0.25, 0.3) is 0 Å². The summed E-state index contributed by atoms with van der Waals surface area (Å²) in [5, 5.41) is 12.1. The van der Waals surface area contributed by atoms with E-state index in [-0.39, 0.29) is 0 Å². The minimum absolute atomic E-state index is 0.694. The Balaban J connectivity index is 2.01. The molecule has 3 rings (SSSR count). The Morgan fingerprint density at radius 3 is 2.55 bits per heavy atom. The van der Waals surface area contributed by atoms with E-state index < -0.39 is 11.2 Å². The standard InChI is InChI=1S/C17H19BNO3/c1-16(2,20)17(3,4)22-18-15-14-11-7-5-6-8-12(11)21-13(14)9-10-19-15/h5-10,20H,1-4H3. The number of hydrogen-bond acceptors (Lipinski definition) is 4. The van der Waals surface area contributed by atoms with E-state index in [0.29, 0.717) is 5.59 Å². The van der Waals surface area contributed by atoms with E-state index >= 15 is 0 Å². The number of aromatic nitrogens is 1. The van der Waals surface area contributed by atoms with Crippen LogP contribution in [0.25, 0.3) is 21.9 Å². The Morgan fingerprint density at radius 1 is 1.09 bits per heavy atom. The highest BCUT2D eigenvalue weighted by atomic mass is 16.5. The fourth-order valence-corrected chi connectivity index (χ4v) is 2.13. The minimum atomic E-state index is -0.976. The maximum absolute atomic E-state index is 10.2. The van der Waals surface area contributed by atoms with E-state index in [1.165, 1.54) is 0 Å². The van der Waals surface area contributed by atoms with Crippen LogP contribution in [0.3, 0.4) is 0 Å². The van der Waals surface area contributed by atoms with Gasteiger partial charge in [-0.05, 0) is 39.8 Å². The molecule has 1 radical (unpaired) electrons. The predicted octanol–water partition coefficient (Wildman–Crippen LogP) is 2.79. The quantitative estimate of drug-likeness (QED) is 0.752. The number of rotatable bonds is 4. The maximum Gasteiger partial charge on any atom is 0.352 e. The van der Waals surface area contributed by atoms with Crippen molar-refractivity contribution in [3.8, 4) is 0 Å². The second kappa shape index (κ2) is 5.11. The third kappa shape index (κ3) is 2.51. The van der Waals surface area contributed by atoms with Crippen molar-refractivity contribution in [1.82, 2.24) is 4.98 Å². The van der Waals surface area contributed by atoms with Crippen molar-refractivity contribution >= 4 is 35.0 Å². The monoisotopic (exact) mass is 296 g/mol. The number of para-hydroxylation sites is 1. The van der Waals surface area contributed by atoms with E-state index in [1.54, 1.807) is 27.5 Å². The molecule has 5 heteroatoms. The van der Waals surface area contributed by atoms with E-state index in [0.717, 1.165) is 21.9 Å². The van der Waals surface area contributed by atoms with Gasteiger partial charge in [-0.15, -0.1) is 0 Å². The van der Waals surface area contributed by atoms with Gasteiger partial charge in [-0.25, -0.2) is 0 Å². The second-order valence-corrected chi connectivity index (χ2v) is 6.47. The van der Waals surface area contributed by atoms with Crippen LogP contribution in [0.1, 0.15) is 27.7 Å². The second-order valence-electron chi connectivity index (χ2n) is 6.47. The fourth-order valence-electron chi connectivity index (χ4n) is 2.13. The van der Waals surface area contributed by atoms with Crippen molar-refractivity contribution < 1.29 is 14.2 Å². The van der Waals surface area contributed by atoms with Gasteiger partial charge in [0, 0.05) is 22.6 Å². The van der Waals surface area contributed by atoms with Crippen molar-refractivity contribution in [2.24, 2.45) is 0 Å². The average Bonchev–Trinajstić information content (AvgIpc) is 2.83. The molecule has 0 fully saturated rings. The number of nitrogens with zero attached hydrogens (tertiary/aromatic N) is 1. The van der Waals surface area contributed by atoms with E-state index in [2.05, 4.69) is 4.98 Å². The highest BCUT2D eigenvalue weighted by molar-refractivity contribution is 6.51. The van der Waals surface area contributed by atoms with Crippen molar-refractivity contribution in [1.29, 1.82) is 0 Å². The van der Waals surface area contributed by atoms with Gasteiger partial charge in [-0.1, -0.05) is 18.2 Å². The summed E-state index contributed by atoms with van der Waals surface area (Å²) in [6, 6.07) is 9.68. The maximum atomic E-state index is 10.2. The molecule has 0 amide bonds. The Labute approximate surface area is 130 Å². The third-order valence-corrected chi connectivity index (χ3v) is 4.26. The van der Waals surface area contributed by atoms with Crippen LogP contribution in [0.2, 0.25) is 0 Å². The molecule has 0 aliphatic carbocycles. The molecule has 2 heterocycles. The zero-order valence-electron chi connectivity index (χ0n) is 13.3. The Hall–Kier alpha value is -1.85. The molecule has 3 aromatic rings. The molecular weight excluding hydrogens is 277 g/mol. The zero-order valence-corrected chi connectivity index (χ0v) is 13.3. The van der Waals surface area contributed by atoms with Gasteiger partial charge in [0.2, 0.25) is 0 Å². The first-order chi connectivity index (χ1) is 10.3. The largest absolute Gasteiger partial charge is 0.456 e. The Morgan fingerprint density at radius 2 is 1.82 bits per heavy atom. The lowest BCUT2D eigenvalue weighted by Gasteiger charge is -2.37. The number of pyridine rings is 1. The molecular formula is C17H19BNO3. The smallest absolute Gasteiger partial charge is 0.352 e. The van der Waals surface area contributed by atoms with Crippen LogP contribution >= 0.6 is 0 Å². The normalized spacial score (nSPS) is 13.0. The van der Waals surface area contributed by atoms with Gasteiger partial charge >= 0.3 is 7.48 Å². The molecule has 0 bridgehead atoms. The third-order valence-electron chi connectivity index (χ3n) is 4.26. The van der Waals surface area contributed by atoms with E-state index in [4.69, 9.17) is 9.07 Å². The van der Waals surface area contributed by atoms with Crippen molar-refractivity contribution in [3.63, 3.8) is 0 Å². The molecule has 0 atom stereocenters. The van der Waals surface area contributed by atoms with Gasteiger partial charge in [0.15, 0.2) is 0 Å². The lowest BCUT2D eigenvalue weighted by Crippen LogP contribution is -2.49. The zero-order chi connectivity index (χ0) is 16.0. The summed E-state index contributed by atoms with van der Waals surface area (Å²) in [5.74, 6) is 0. The predicted molar refractivity (Wildman–Crippen MR) is 88.4 cm³/mol. The average molecular weight is 296 g/mol. The van der Waals surface area contributed by atoms with Crippen LogP contribution < -0.4 is 5.59 Å². The minimum Gasteiger partial charge on any atom is -0.456 e. The van der Waals surface area contributed by atoms with Crippen LogP contribution in [0.15, 0.2) is 40.9 Å². The molecule has 113 valence electrons. The molecule has 0 unspecified atom stereocenters. The summed E-state index contributed by atoms with van der Waals surface area (Å²) in [4.78, 5) is 4.39. The van der Waals surface area contributed by atoms with Gasteiger partial charge < -0.3 is 14.2 Å². The lowest BCUT2D eigenvalue weighted by atomic mass is 9.84. The van der Waals surface area contributed by atoms with Crippen molar-refractivity contribution in [2.75, 3.05) is 0 Å². The Kier molecular flexibility index (Phi) is 3.50. The summed E-state index contributed by atoms with van der Waals surface area (Å²) < 4.78 is 11.7. The van der Waals surface area contributed by atoms with Crippen LogP contribution in [0.5, 0.6) is 0 Å². The summed E-state index contributed by atoms with van der Waals surface area (Å²) in [6.45, 7) is 7.14. The first kappa shape index (κ1) is 15.1. The lowest BCUT2D eigenvalue weighted by molar-refractivity contribution is -0.0893. The molecule has 0 saturated heterocycles. The fraction of sp³-hybridized carbons (Fsp3) is 0.353. The number of benzene rings is 1. The highest BCUT2D eigenvalue weighted by Crippen LogP contribution is 2.27. The van der Waals surface area contributed by atoms with Crippen LogP contribution in [0.4, 0.5) is 0 Å². The van der Waals surface area contributed by atoms with E-state index in [9.17, 15) is 5.11 Å². The molecule has 0 saturated carbocycles. The van der Waals surface area contributed by atoms with Crippen LogP contribution in [0, 0.1) is 0 Å². The van der Waals surface area contributed by atoms with Gasteiger partial charge in [-0.3, -0.25) is 4.98 Å². The molecule has 4 nitrogen and oxygen atoms in total. The topological polar surface area (TPSA) is 55.5 Å². The van der Waals surface area contributed by atoms with Crippen molar-refractivity contribution in [3.05, 3.63) is 36.5 Å². The summed E-state index contributed by atoms with van der Waals surface area (Å²) in [6.07, 6.45) is 1.69. The van der Waals surface area contributed by atoms with E-state index in [1.807, 2.05) is 44.2 Å². The molecule has 1 N–H and O–H groups in total. The van der Waals surface area contributed by atoms with Gasteiger partial charge in [0.05, 0.1) is 11.2 Å². The number of fused-ring (bicyclic) bond motifs is 3. The molecule has 1 aromatic carbocycles. The number of furan rings is 1. The van der Waals surface area contributed by atoms with Gasteiger partial charge in [0.1, 0.15) is 11.2 Å². The molecule has 0 aliphatic rings. The first-order valence-electron chi connectivity index (χ1n) is 7.29. The first-order valence-corrected chi connectivity index (χ1v) is 7.29. The molecule has 0 aliphatic heterocycles. The SMILES string of the molecule is CC(C)(O)C(C)(C)O[B]c1nccc2oc3ccccc3c12. The Bertz CT molecular complexity index is 817. The van der Waals surface area contributed by atoms with Crippen LogP contribution in [-0.4, -0.2) is 28.8 Å². The summed E-state index contributed by atoms with van der Waals surface area (Å²) in [5.41, 5.74) is 0.570. The molecule has 22 heavy (non-hydrogen) atoms. The van der Waals surface area contributed by atoms with Gasteiger partial charge in [-0.2, -0.15) is 0 Å². The summed E-state index contributed by atoms with van der Waals surface area (Å²) >= 11 is 0. The number of hydrogen-bond donors (Lipinski definition) is 1. The summed E-state index contributed by atoms with van der Waals surface area (Å²) in [7, 11) is 1.60.